The molecule has 2 aliphatic heterocycles. The summed E-state index contributed by atoms with van der Waals surface area (Å²) in [6.07, 6.45) is 5.14. The van der Waals surface area contributed by atoms with Gasteiger partial charge in [-0.25, -0.2) is 0 Å². The highest BCUT2D eigenvalue weighted by molar-refractivity contribution is 8.26. The Bertz CT molecular complexity index is 902. The van der Waals surface area contributed by atoms with E-state index in [0.717, 1.165) is 5.56 Å². The fraction of sp³-hybridized carbons (Fsp3) is 0.118. The number of hydrogen-bond acceptors (Lipinski definition) is 6. The summed E-state index contributed by atoms with van der Waals surface area (Å²) >= 11 is 12.9. The number of halogens is 1. The number of thioether (sulfide) groups is 1. The Balaban J connectivity index is 1.60. The topological polar surface area (TPSA) is 51.7 Å². The highest BCUT2D eigenvalue weighted by Crippen LogP contribution is 2.40. The normalized spacial score (nSPS) is 17.6. The van der Waals surface area contributed by atoms with Crippen molar-refractivity contribution in [3.63, 3.8) is 0 Å². The van der Waals surface area contributed by atoms with Crippen molar-refractivity contribution in [3.05, 3.63) is 57.7 Å². The second-order valence-corrected chi connectivity index (χ2v) is 7.44. The highest BCUT2D eigenvalue weighted by atomic mass is 35.5. The summed E-state index contributed by atoms with van der Waals surface area (Å²) in [5.74, 6) is 1.07. The molecule has 4 rings (SSSR count). The van der Waals surface area contributed by atoms with Crippen molar-refractivity contribution in [3.8, 4) is 11.5 Å². The molecule has 0 saturated carbocycles. The molecule has 0 bridgehead atoms. The molecule has 3 heterocycles. The molecule has 5 nitrogen and oxygen atoms in total. The number of carbonyl (C=O) groups is 1. The number of aromatic nitrogens is 1. The predicted octanol–water partition coefficient (Wildman–Crippen LogP) is 3.87. The van der Waals surface area contributed by atoms with Gasteiger partial charge in [0.2, 0.25) is 6.79 Å². The lowest BCUT2D eigenvalue weighted by Crippen LogP contribution is -2.27. The predicted molar refractivity (Wildman–Crippen MR) is 101 cm³/mol. The van der Waals surface area contributed by atoms with Gasteiger partial charge in [0.15, 0.2) is 11.5 Å². The Morgan fingerprint density at radius 2 is 2.16 bits per heavy atom. The molecule has 0 unspecified atom stereocenters. The van der Waals surface area contributed by atoms with Crippen LogP contribution in [0.1, 0.15) is 11.1 Å². The van der Waals surface area contributed by atoms with Crippen LogP contribution in [0.15, 0.2) is 41.6 Å². The van der Waals surface area contributed by atoms with Gasteiger partial charge in [-0.3, -0.25) is 14.7 Å². The summed E-state index contributed by atoms with van der Waals surface area (Å²) in [5.41, 5.74) is 1.61. The number of benzene rings is 1. The summed E-state index contributed by atoms with van der Waals surface area (Å²) in [5, 5.41) is 0.488. The molecule has 1 fully saturated rings. The number of nitrogens with zero attached hydrogens (tertiary/aromatic N) is 2. The average molecular weight is 391 g/mol. The van der Waals surface area contributed by atoms with Crippen molar-refractivity contribution >= 4 is 51.9 Å². The van der Waals surface area contributed by atoms with Crippen molar-refractivity contribution in [2.24, 2.45) is 0 Å². The van der Waals surface area contributed by atoms with Gasteiger partial charge >= 0.3 is 0 Å². The first kappa shape index (κ1) is 16.4. The summed E-state index contributed by atoms with van der Waals surface area (Å²) in [6, 6.07) is 7.18. The van der Waals surface area contributed by atoms with Crippen LogP contribution in [0.25, 0.3) is 6.08 Å². The number of rotatable bonds is 3. The van der Waals surface area contributed by atoms with Crippen molar-refractivity contribution in [2.45, 2.75) is 6.54 Å². The highest BCUT2D eigenvalue weighted by Gasteiger charge is 2.32. The number of amides is 1. The van der Waals surface area contributed by atoms with Crippen LogP contribution in [-0.4, -0.2) is 26.9 Å². The molecule has 1 aromatic heterocycles. The molecule has 1 amide bonds. The maximum atomic E-state index is 12.7. The van der Waals surface area contributed by atoms with E-state index in [2.05, 4.69) is 4.98 Å². The van der Waals surface area contributed by atoms with Crippen LogP contribution in [0.3, 0.4) is 0 Å². The van der Waals surface area contributed by atoms with Crippen LogP contribution in [0.2, 0.25) is 5.02 Å². The van der Waals surface area contributed by atoms with Gasteiger partial charge in [0, 0.05) is 18.5 Å². The van der Waals surface area contributed by atoms with Crippen LogP contribution in [-0.2, 0) is 11.3 Å². The SMILES string of the molecule is O=C1/C(=C/c2cc3c(cc2Cl)OCO3)SC(=S)N1Cc1cccnc1. The zero-order chi connectivity index (χ0) is 17.4. The van der Waals surface area contributed by atoms with Crippen LogP contribution in [0.4, 0.5) is 0 Å². The molecule has 0 aliphatic carbocycles. The minimum Gasteiger partial charge on any atom is -0.454 e. The third-order valence-corrected chi connectivity index (χ3v) is 5.42. The second-order valence-electron chi connectivity index (χ2n) is 5.36. The summed E-state index contributed by atoms with van der Waals surface area (Å²) in [7, 11) is 0. The molecule has 126 valence electrons. The van der Waals surface area contributed by atoms with Crippen LogP contribution in [0.5, 0.6) is 11.5 Å². The Morgan fingerprint density at radius 3 is 2.92 bits per heavy atom. The fourth-order valence-corrected chi connectivity index (χ4v) is 3.95. The largest absolute Gasteiger partial charge is 0.454 e. The second kappa shape index (κ2) is 6.67. The number of fused-ring (bicyclic) bond motifs is 1. The van der Waals surface area contributed by atoms with E-state index in [9.17, 15) is 4.79 Å². The lowest BCUT2D eigenvalue weighted by Gasteiger charge is -2.13. The minimum absolute atomic E-state index is 0.146. The summed E-state index contributed by atoms with van der Waals surface area (Å²) in [4.78, 5) is 18.8. The van der Waals surface area contributed by atoms with Gasteiger partial charge in [-0.05, 0) is 29.3 Å². The standard InChI is InChI=1S/C17H11ClN2O3S2/c18-12-6-14-13(22-9-23-14)4-11(12)5-15-16(21)20(17(24)25-15)8-10-2-1-3-19-7-10/h1-7H,8-9H2/b15-5-. The summed E-state index contributed by atoms with van der Waals surface area (Å²) in [6.45, 7) is 0.563. The minimum atomic E-state index is -0.146. The van der Waals surface area contributed by atoms with Gasteiger partial charge in [-0.1, -0.05) is 41.6 Å². The van der Waals surface area contributed by atoms with E-state index < -0.39 is 0 Å². The zero-order valence-electron chi connectivity index (χ0n) is 12.8. The van der Waals surface area contributed by atoms with E-state index in [1.807, 2.05) is 12.1 Å². The molecular weight excluding hydrogens is 380 g/mol. The quantitative estimate of drug-likeness (QED) is 0.586. The van der Waals surface area contributed by atoms with Gasteiger partial charge in [0.25, 0.3) is 5.91 Å². The van der Waals surface area contributed by atoms with E-state index in [4.69, 9.17) is 33.3 Å². The summed E-state index contributed by atoms with van der Waals surface area (Å²) < 4.78 is 11.2. The molecule has 1 aromatic carbocycles. The zero-order valence-corrected chi connectivity index (χ0v) is 15.2. The van der Waals surface area contributed by atoms with E-state index in [-0.39, 0.29) is 12.7 Å². The lowest BCUT2D eigenvalue weighted by molar-refractivity contribution is -0.122. The lowest BCUT2D eigenvalue weighted by atomic mass is 10.1. The van der Waals surface area contributed by atoms with Crippen molar-refractivity contribution in [1.29, 1.82) is 0 Å². The fourth-order valence-electron chi connectivity index (χ4n) is 2.50. The Hall–Kier alpha value is -2.09. The Labute approximate surface area is 158 Å². The maximum Gasteiger partial charge on any atom is 0.266 e. The van der Waals surface area contributed by atoms with Gasteiger partial charge < -0.3 is 9.47 Å². The van der Waals surface area contributed by atoms with Gasteiger partial charge in [-0.2, -0.15) is 0 Å². The number of hydrogen-bond donors (Lipinski definition) is 0. The van der Waals surface area contributed by atoms with E-state index >= 15 is 0 Å². The first-order valence-corrected chi connectivity index (χ1v) is 8.95. The molecule has 2 aliphatic rings. The number of pyridine rings is 1. The van der Waals surface area contributed by atoms with Gasteiger partial charge in [-0.15, -0.1) is 0 Å². The van der Waals surface area contributed by atoms with Crippen LogP contribution < -0.4 is 9.47 Å². The number of thiocarbonyl (C=S) groups is 1. The molecule has 0 spiro atoms. The van der Waals surface area contributed by atoms with E-state index in [1.54, 1.807) is 35.5 Å². The van der Waals surface area contributed by atoms with Gasteiger partial charge in [0.05, 0.1) is 16.5 Å². The molecule has 0 atom stereocenters. The maximum absolute atomic E-state index is 12.7. The first-order chi connectivity index (χ1) is 12.1. The monoisotopic (exact) mass is 390 g/mol. The van der Waals surface area contributed by atoms with Crippen LogP contribution in [0, 0.1) is 0 Å². The molecule has 2 aromatic rings. The molecule has 0 N–H and O–H groups in total. The van der Waals surface area contributed by atoms with Crippen molar-refractivity contribution in [1.82, 2.24) is 9.88 Å². The van der Waals surface area contributed by atoms with Crippen molar-refractivity contribution < 1.29 is 14.3 Å². The Kier molecular flexibility index (Phi) is 4.37. The van der Waals surface area contributed by atoms with E-state index in [0.29, 0.717) is 37.9 Å². The third kappa shape index (κ3) is 3.22. The smallest absolute Gasteiger partial charge is 0.266 e. The molecular formula is C17H11ClN2O3S2. The van der Waals surface area contributed by atoms with Crippen molar-refractivity contribution in [2.75, 3.05) is 6.79 Å². The van der Waals surface area contributed by atoms with E-state index in [1.165, 1.54) is 11.8 Å². The number of ether oxygens (including phenoxy) is 2. The number of carbonyl (C=O) groups excluding carboxylic acids is 1. The molecule has 1 saturated heterocycles. The molecule has 8 heteroatoms. The Morgan fingerprint density at radius 1 is 1.36 bits per heavy atom. The molecule has 0 radical (unpaired) electrons. The molecule has 25 heavy (non-hydrogen) atoms. The first-order valence-electron chi connectivity index (χ1n) is 7.35. The van der Waals surface area contributed by atoms with Gasteiger partial charge in [0.1, 0.15) is 4.32 Å². The van der Waals surface area contributed by atoms with Crippen LogP contribution >= 0.6 is 35.6 Å². The third-order valence-electron chi connectivity index (χ3n) is 3.72. The average Bonchev–Trinajstić information content (AvgIpc) is 3.16.